The lowest BCUT2D eigenvalue weighted by molar-refractivity contribution is 0.0676. The first-order valence-electron chi connectivity index (χ1n) is 10.7. The molecule has 0 bridgehead atoms. The van der Waals surface area contributed by atoms with Crippen molar-refractivity contribution in [3.05, 3.63) is 29.3 Å². The molecule has 0 aromatic heterocycles. The second-order valence-electron chi connectivity index (χ2n) is 8.26. The van der Waals surface area contributed by atoms with Gasteiger partial charge in [0.25, 0.3) is 0 Å². The van der Waals surface area contributed by atoms with E-state index in [4.69, 9.17) is 9.47 Å². The summed E-state index contributed by atoms with van der Waals surface area (Å²) in [6, 6.07) is 6.84. The maximum Gasteiger partial charge on any atom is 0.191 e. The normalized spacial score (nSPS) is 23.9. The van der Waals surface area contributed by atoms with E-state index < -0.39 is 0 Å². The van der Waals surface area contributed by atoms with Gasteiger partial charge < -0.3 is 25.0 Å². The van der Waals surface area contributed by atoms with E-state index in [-0.39, 0.29) is 6.10 Å². The van der Waals surface area contributed by atoms with Crippen molar-refractivity contribution in [3.8, 4) is 5.75 Å². The molecule has 0 radical (unpaired) electrons. The van der Waals surface area contributed by atoms with Crippen LogP contribution in [0.25, 0.3) is 0 Å². The average molecular weight is 404 g/mol. The summed E-state index contributed by atoms with van der Waals surface area (Å²) in [5.74, 6) is 1.74. The molecule has 29 heavy (non-hydrogen) atoms. The van der Waals surface area contributed by atoms with Crippen molar-refractivity contribution in [2.24, 2.45) is 4.99 Å². The number of guanidine groups is 1. The van der Waals surface area contributed by atoms with Crippen molar-refractivity contribution < 1.29 is 9.47 Å². The largest absolute Gasteiger partial charge is 0.491 e. The van der Waals surface area contributed by atoms with Crippen LogP contribution in [-0.4, -0.2) is 88.4 Å². The summed E-state index contributed by atoms with van der Waals surface area (Å²) in [6.45, 7) is 8.40. The first kappa shape index (κ1) is 21.9. The molecule has 2 heterocycles. The fourth-order valence-corrected chi connectivity index (χ4v) is 3.84. The molecule has 2 unspecified atom stereocenters. The molecule has 162 valence electrons. The quantitative estimate of drug-likeness (QED) is 0.531. The molecule has 1 aromatic rings. The van der Waals surface area contributed by atoms with Gasteiger partial charge in [0.1, 0.15) is 12.4 Å². The van der Waals surface area contributed by atoms with Crippen molar-refractivity contribution in [1.29, 1.82) is 0 Å². The summed E-state index contributed by atoms with van der Waals surface area (Å²) in [6.07, 6.45) is 2.43. The maximum absolute atomic E-state index is 6.11. The van der Waals surface area contributed by atoms with Gasteiger partial charge in [-0.05, 0) is 45.5 Å². The van der Waals surface area contributed by atoms with E-state index in [9.17, 15) is 0 Å². The summed E-state index contributed by atoms with van der Waals surface area (Å²) in [7, 11) is 6.19. The number of aryl methyl sites for hydroxylation is 1. The highest BCUT2D eigenvalue weighted by Crippen LogP contribution is 2.22. The van der Waals surface area contributed by atoms with Crippen LogP contribution in [0.3, 0.4) is 0 Å². The van der Waals surface area contributed by atoms with Gasteiger partial charge in [-0.1, -0.05) is 12.1 Å². The predicted octanol–water partition coefficient (Wildman–Crippen LogP) is 1.46. The fraction of sp³-hybridized carbons (Fsp3) is 0.682. The molecule has 0 amide bonds. The second-order valence-corrected chi connectivity index (χ2v) is 8.26. The monoisotopic (exact) mass is 403 g/mol. The molecule has 7 heteroatoms. The molecule has 2 atom stereocenters. The van der Waals surface area contributed by atoms with Crippen molar-refractivity contribution in [3.63, 3.8) is 0 Å². The van der Waals surface area contributed by atoms with E-state index in [0.29, 0.717) is 19.2 Å². The van der Waals surface area contributed by atoms with E-state index in [2.05, 4.69) is 64.6 Å². The number of nitrogens with one attached hydrogen (secondary N) is 2. The number of ether oxygens (including phenoxy) is 2. The lowest BCUT2D eigenvalue weighted by Gasteiger charge is -2.37. The Morgan fingerprint density at radius 3 is 2.90 bits per heavy atom. The number of aliphatic imine (C=N–C) groups is 1. The van der Waals surface area contributed by atoms with Crippen LogP contribution in [0.15, 0.2) is 23.2 Å². The topological polar surface area (TPSA) is 61.4 Å². The zero-order valence-corrected chi connectivity index (χ0v) is 18.4. The van der Waals surface area contributed by atoms with Crippen molar-refractivity contribution in [1.82, 2.24) is 20.4 Å². The average Bonchev–Trinajstić information content (AvgIpc) is 3.23. The van der Waals surface area contributed by atoms with Crippen LogP contribution >= 0.6 is 0 Å². The Bertz CT molecular complexity index is 675. The Morgan fingerprint density at radius 1 is 1.28 bits per heavy atom. The minimum atomic E-state index is 0.219. The van der Waals surface area contributed by atoms with E-state index in [1.165, 1.54) is 5.56 Å². The van der Waals surface area contributed by atoms with Gasteiger partial charge in [-0.15, -0.1) is 0 Å². The standard InChI is InChI=1S/C22H37N5O2/c1-17-7-8-18(21(12-17)29-16-20-6-5-11-28-20)13-24-22(23-2)25-14-19-15-26(3)9-10-27(19)4/h7-8,12,19-20H,5-6,9-11,13-16H2,1-4H3,(H2,23,24,25). The van der Waals surface area contributed by atoms with Gasteiger partial charge in [0.05, 0.1) is 6.10 Å². The Morgan fingerprint density at radius 2 is 2.14 bits per heavy atom. The maximum atomic E-state index is 6.11. The molecule has 1 aromatic carbocycles. The van der Waals surface area contributed by atoms with Crippen LogP contribution in [-0.2, 0) is 11.3 Å². The smallest absolute Gasteiger partial charge is 0.191 e. The van der Waals surface area contributed by atoms with Crippen LogP contribution in [0.4, 0.5) is 0 Å². The third-order valence-electron chi connectivity index (χ3n) is 5.83. The molecule has 0 spiro atoms. The van der Waals surface area contributed by atoms with Gasteiger partial charge >= 0.3 is 0 Å². The molecule has 2 saturated heterocycles. The number of piperazine rings is 1. The van der Waals surface area contributed by atoms with Crippen molar-refractivity contribution in [2.75, 3.05) is 60.5 Å². The molecular weight excluding hydrogens is 366 g/mol. The molecule has 0 aliphatic carbocycles. The van der Waals surface area contributed by atoms with E-state index in [1.54, 1.807) is 0 Å². The third-order valence-corrected chi connectivity index (χ3v) is 5.83. The predicted molar refractivity (Wildman–Crippen MR) is 118 cm³/mol. The van der Waals surface area contributed by atoms with Gasteiger partial charge in [0.15, 0.2) is 5.96 Å². The Kier molecular flexibility index (Phi) is 8.15. The Balaban J connectivity index is 1.51. The van der Waals surface area contributed by atoms with Crippen molar-refractivity contribution >= 4 is 5.96 Å². The number of hydrogen-bond donors (Lipinski definition) is 2. The highest BCUT2D eigenvalue weighted by atomic mass is 16.5. The molecule has 0 saturated carbocycles. The minimum absolute atomic E-state index is 0.219. The highest BCUT2D eigenvalue weighted by Gasteiger charge is 2.22. The number of hydrogen-bond acceptors (Lipinski definition) is 5. The second kappa shape index (κ2) is 10.8. The molecule has 2 fully saturated rings. The van der Waals surface area contributed by atoms with E-state index >= 15 is 0 Å². The zero-order valence-electron chi connectivity index (χ0n) is 18.4. The van der Waals surface area contributed by atoms with Gasteiger partial charge in [0.2, 0.25) is 0 Å². The summed E-state index contributed by atoms with van der Waals surface area (Å²) in [4.78, 5) is 9.18. The SMILES string of the molecule is CN=C(NCc1ccc(C)cc1OCC1CCCO1)NCC1CN(C)CCN1C. The summed E-state index contributed by atoms with van der Waals surface area (Å²) in [5, 5.41) is 6.91. The number of nitrogens with zero attached hydrogens (tertiary/aromatic N) is 3. The molecule has 2 aliphatic rings. The molecule has 3 rings (SSSR count). The van der Waals surface area contributed by atoms with Gasteiger partial charge in [-0.3, -0.25) is 9.89 Å². The van der Waals surface area contributed by atoms with Gasteiger partial charge in [-0.2, -0.15) is 0 Å². The highest BCUT2D eigenvalue weighted by molar-refractivity contribution is 5.79. The first-order chi connectivity index (χ1) is 14.0. The van der Waals surface area contributed by atoms with Crippen molar-refractivity contribution in [2.45, 2.75) is 38.5 Å². The van der Waals surface area contributed by atoms with E-state index in [0.717, 1.165) is 62.9 Å². The third kappa shape index (κ3) is 6.59. The molecule has 7 nitrogen and oxygen atoms in total. The summed E-state index contributed by atoms with van der Waals surface area (Å²) >= 11 is 0. The lowest BCUT2D eigenvalue weighted by atomic mass is 10.1. The molecule has 2 aliphatic heterocycles. The summed E-state index contributed by atoms with van der Waals surface area (Å²) < 4.78 is 11.8. The Hall–Kier alpha value is -1.83. The minimum Gasteiger partial charge on any atom is -0.491 e. The van der Waals surface area contributed by atoms with Crippen LogP contribution in [0.2, 0.25) is 0 Å². The van der Waals surface area contributed by atoms with Gasteiger partial charge in [0, 0.05) is 58.0 Å². The number of benzene rings is 1. The summed E-state index contributed by atoms with van der Waals surface area (Å²) in [5.41, 5.74) is 2.33. The van der Waals surface area contributed by atoms with Crippen LogP contribution in [0.5, 0.6) is 5.75 Å². The van der Waals surface area contributed by atoms with Crippen LogP contribution in [0.1, 0.15) is 24.0 Å². The van der Waals surface area contributed by atoms with Gasteiger partial charge in [-0.25, -0.2) is 0 Å². The lowest BCUT2D eigenvalue weighted by Crippen LogP contribution is -2.55. The van der Waals surface area contributed by atoms with Crippen LogP contribution in [0, 0.1) is 6.92 Å². The zero-order chi connectivity index (χ0) is 20.6. The van der Waals surface area contributed by atoms with E-state index in [1.807, 2.05) is 7.05 Å². The first-order valence-corrected chi connectivity index (χ1v) is 10.7. The Labute approximate surface area is 175 Å². The number of likely N-dealkylation sites (N-methyl/N-ethyl adjacent to an activating group) is 2. The fourth-order valence-electron chi connectivity index (χ4n) is 3.84. The number of rotatable bonds is 7. The van der Waals surface area contributed by atoms with Crippen LogP contribution < -0.4 is 15.4 Å². The molecular formula is C22H37N5O2. The molecule has 2 N–H and O–H groups in total.